The number of hydrogen-bond acceptors (Lipinski definition) is 5. The number of aliphatic hydroxyl groups is 1. The third-order valence-electron chi connectivity index (χ3n) is 2.77. The highest BCUT2D eigenvalue weighted by Crippen LogP contribution is 2.34. The molecular weight excluding hydrogens is 254 g/mol. The predicted molar refractivity (Wildman–Crippen MR) is 69.1 cm³/mol. The Morgan fingerprint density at radius 3 is 2.83 bits per heavy atom. The minimum Gasteiger partial charge on any atom is -0.507 e. The standard InChI is InChI=1S/C12H13NO4S/c1-12(11(16)17)6-18-10(13-12)8-4-7(5-14)2-3-9(8)15/h2-4,14-15H,5-6H2,1H3,(H,16,17)/t12-/m1/s1. The van der Waals surface area contributed by atoms with Crippen LogP contribution in [-0.2, 0) is 11.4 Å². The van der Waals surface area contributed by atoms with Crippen LogP contribution in [0.1, 0.15) is 18.1 Å². The third kappa shape index (κ3) is 2.21. The van der Waals surface area contributed by atoms with Crippen LogP contribution in [0.2, 0.25) is 0 Å². The molecule has 1 aromatic carbocycles. The first-order chi connectivity index (χ1) is 8.46. The maximum atomic E-state index is 11.1. The highest BCUT2D eigenvalue weighted by molar-refractivity contribution is 8.14. The Morgan fingerprint density at radius 2 is 2.28 bits per heavy atom. The third-order valence-corrected chi connectivity index (χ3v) is 4.06. The fourth-order valence-electron chi connectivity index (χ4n) is 1.60. The minimum absolute atomic E-state index is 0.0353. The molecule has 1 heterocycles. The number of carboxylic acid groups (broad SMARTS) is 1. The molecule has 0 saturated carbocycles. The summed E-state index contributed by atoms with van der Waals surface area (Å²) in [6, 6.07) is 4.70. The van der Waals surface area contributed by atoms with Crippen molar-refractivity contribution in [2.75, 3.05) is 5.75 Å². The summed E-state index contributed by atoms with van der Waals surface area (Å²) in [5, 5.41) is 28.4. The van der Waals surface area contributed by atoms with E-state index in [1.54, 1.807) is 19.1 Å². The van der Waals surface area contributed by atoms with Crippen molar-refractivity contribution < 1.29 is 20.1 Å². The van der Waals surface area contributed by atoms with Crippen molar-refractivity contribution in [2.45, 2.75) is 19.1 Å². The highest BCUT2D eigenvalue weighted by atomic mass is 32.2. The second kappa shape index (κ2) is 4.62. The smallest absolute Gasteiger partial charge is 0.332 e. The summed E-state index contributed by atoms with van der Waals surface area (Å²) in [6.07, 6.45) is 0. The van der Waals surface area contributed by atoms with E-state index in [4.69, 9.17) is 10.2 Å². The summed E-state index contributed by atoms with van der Waals surface area (Å²) in [4.78, 5) is 15.2. The van der Waals surface area contributed by atoms with E-state index < -0.39 is 11.5 Å². The average molecular weight is 267 g/mol. The van der Waals surface area contributed by atoms with Gasteiger partial charge in [-0.2, -0.15) is 0 Å². The molecule has 0 spiro atoms. The largest absolute Gasteiger partial charge is 0.507 e. The average Bonchev–Trinajstić information content (AvgIpc) is 2.74. The number of phenolic OH excluding ortho intramolecular Hbond substituents is 1. The van der Waals surface area contributed by atoms with Gasteiger partial charge in [0.15, 0.2) is 5.54 Å². The summed E-state index contributed by atoms with van der Waals surface area (Å²) in [5.74, 6) is -0.614. The van der Waals surface area contributed by atoms with E-state index in [0.29, 0.717) is 21.9 Å². The maximum Gasteiger partial charge on any atom is 0.332 e. The first-order valence-corrected chi connectivity index (χ1v) is 6.34. The number of aliphatic hydroxyl groups excluding tert-OH is 1. The highest BCUT2D eigenvalue weighted by Gasteiger charge is 2.38. The fraction of sp³-hybridized carbons (Fsp3) is 0.333. The predicted octanol–water partition coefficient (Wildman–Crippen LogP) is 1.22. The molecule has 0 fully saturated rings. The molecule has 0 aromatic heterocycles. The molecule has 1 aliphatic rings. The van der Waals surface area contributed by atoms with E-state index in [1.165, 1.54) is 17.8 Å². The van der Waals surface area contributed by atoms with Crippen LogP contribution in [-0.4, -0.2) is 37.6 Å². The summed E-state index contributed by atoms with van der Waals surface area (Å²) in [5.41, 5.74) is -0.0340. The normalized spacial score (nSPS) is 22.9. The lowest BCUT2D eigenvalue weighted by Gasteiger charge is -2.11. The number of carboxylic acids is 1. The lowest BCUT2D eigenvalue weighted by molar-refractivity contribution is -0.141. The number of benzene rings is 1. The minimum atomic E-state index is -1.15. The Balaban J connectivity index is 2.42. The quantitative estimate of drug-likeness (QED) is 0.766. The second-order valence-corrected chi connectivity index (χ2v) is 5.26. The zero-order chi connectivity index (χ0) is 13.3. The van der Waals surface area contributed by atoms with Gasteiger partial charge in [0.2, 0.25) is 0 Å². The Hall–Kier alpha value is -1.53. The summed E-state index contributed by atoms with van der Waals surface area (Å²) >= 11 is 1.29. The number of hydrogen-bond donors (Lipinski definition) is 3. The molecule has 0 bridgehead atoms. The summed E-state index contributed by atoms with van der Waals surface area (Å²) < 4.78 is 0. The number of phenols is 1. The van der Waals surface area contributed by atoms with Gasteiger partial charge in [-0.05, 0) is 24.6 Å². The molecule has 3 N–H and O–H groups in total. The number of nitrogens with zero attached hydrogens (tertiary/aromatic N) is 1. The number of thioether (sulfide) groups is 1. The summed E-state index contributed by atoms with van der Waals surface area (Å²) in [6.45, 7) is 1.41. The number of rotatable bonds is 3. The van der Waals surface area contributed by atoms with Gasteiger partial charge in [-0.15, -0.1) is 11.8 Å². The van der Waals surface area contributed by atoms with E-state index in [2.05, 4.69) is 4.99 Å². The molecule has 0 amide bonds. The van der Waals surface area contributed by atoms with Crippen LogP contribution in [0, 0.1) is 0 Å². The lowest BCUT2D eigenvalue weighted by atomic mass is 10.1. The van der Waals surface area contributed by atoms with E-state index in [1.807, 2.05) is 0 Å². The molecule has 0 unspecified atom stereocenters. The number of aliphatic carboxylic acids is 1. The zero-order valence-corrected chi connectivity index (χ0v) is 10.6. The van der Waals surface area contributed by atoms with Gasteiger partial charge in [0.25, 0.3) is 0 Å². The van der Waals surface area contributed by atoms with Crippen LogP contribution >= 0.6 is 11.8 Å². The van der Waals surface area contributed by atoms with Crippen LogP contribution in [0.4, 0.5) is 0 Å². The Labute approximate surface area is 108 Å². The van der Waals surface area contributed by atoms with Crippen LogP contribution in [0.3, 0.4) is 0 Å². The van der Waals surface area contributed by atoms with Crippen LogP contribution in [0.25, 0.3) is 0 Å². The lowest BCUT2D eigenvalue weighted by Crippen LogP contribution is -2.33. The maximum absolute atomic E-state index is 11.1. The molecule has 1 aliphatic heterocycles. The number of aromatic hydroxyl groups is 1. The Morgan fingerprint density at radius 1 is 1.56 bits per heavy atom. The molecule has 18 heavy (non-hydrogen) atoms. The van der Waals surface area contributed by atoms with Gasteiger partial charge in [-0.25, -0.2) is 4.79 Å². The van der Waals surface area contributed by atoms with Crippen molar-refractivity contribution in [3.63, 3.8) is 0 Å². The Kier molecular flexibility index (Phi) is 3.32. The molecule has 1 aromatic rings. The zero-order valence-electron chi connectivity index (χ0n) is 9.75. The van der Waals surface area contributed by atoms with E-state index in [0.717, 1.165) is 0 Å². The van der Waals surface area contributed by atoms with Gasteiger partial charge in [-0.3, -0.25) is 4.99 Å². The van der Waals surface area contributed by atoms with E-state index in [-0.39, 0.29) is 12.4 Å². The molecule has 5 nitrogen and oxygen atoms in total. The van der Waals surface area contributed by atoms with Crippen molar-refractivity contribution in [3.8, 4) is 5.75 Å². The van der Waals surface area contributed by atoms with Gasteiger partial charge in [-0.1, -0.05) is 6.07 Å². The first kappa shape index (κ1) is 12.9. The van der Waals surface area contributed by atoms with Crippen molar-refractivity contribution in [2.24, 2.45) is 4.99 Å². The van der Waals surface area contributed by atoms with Crippen molar-refractivity contribution in [3.05, 3.63) is 29.3 Å². The van der Waals surface area contributed by atoms with E-state index >= 15 is 0 Å². The van der Waals surface area contributed by atoms with Crippen molar-refractivity contribution >= 4 is 22.8 Å². The monoisotopic (exact) mass is 267 g/mol. The van der Waals surface area contributed by atoms with Crippen molar-refractivity contribution in [1.29, 1.82) is 0 Å². The molecule has 0 radical (unpaired) electrons. The van der Waals surface area contributed by atoms with Gasteiger partial charge in [0, 0.05) is 11.3 Å². The molecule has 0 saturated heterocycles. The van der Waals surface area contributed by atoms with Gasteiger partial charge in [0.05, 0.1) is 6.61 Å². The SMILES string of the molecule is C[C@]1(C(=O)O)CSC(c2cc(CO)ccc2O)=N1. The van der Waals surface area contributed by atoms with Gasteiger partial charge in [0.1, 0.15) is 10.8 Å². The van der Waals surface area contributed by atoms with E-state index in [9.17, 15) is 9.90 Å². The van der Waals surface area contributed by atoms with Crippen LogP contribution in [0.5, 0.6) is 5.75 Å². The molecular formula is C12H13NO4S. The van der Waals surface area contributed by atoms with Gasteiger partial charge >= 0.3 is 5.97 Å². The van der Waals surface area contributed by atoms with Crippen LogP contribution in [0.15, 0.2) is 23.2 Å². The topological polar surface area (TPSA) is 90.1 Å². The van der Waals surface area contributed by atoms with Crippen LogP contribution < -0.4 is 0 Å². The number of aliphatic imine (C=N–C) groups is 1. The number of carbonyl (C=O) groups is 1. The molecule has 96 valence electrons. The fourth-order valence-corrected chi connectivity index (χ4v) is 2.79. The molecule has 0 aliphatic carbocycles. The molecule has 6 heteroatoms. The summed E-state index contributed by atoms with van der Waals surface area (Å²) in [7, 11) is 0. The second-order valence-electron chi connectivity index (χ2n) is 4.29. The Bertz CT molecular complexity index is 529. The van der Waals surface area contributed by atoms with Gasteiger partial charge < -0.3 is 15.3 Å². The first-order valence-electron chi connectivity index (χ1n) is 5.35. The molecule has 1 atom stereocenters. The molecule has 2 rings (SSSR count). The van der Waals surface area contributed by atoms with Crippen molar-refractivity contribution in [1.82, 2.24) is 0 Å².